The van der Waals surface area contributed by atoms with E-state index in [0.717, 1.165) is 6.42 Å². The summed E-state index contributed by atoms with van der Waals surface area (Å²) in [5.41, 5.74) is -2.20. The summed E-state index contributed by atoms with van der Waals surface area (Å²) in [6, 6.07) is 1.47. The van der Waals surface area contributed by atoms with Gasteiger partial charge in [-0.1, -0.05) is 0 Å². The molecule has 1 aliphatic heterocycles. The highest BCUT2D eigenvalue weighted by Crippen LogP contribution is 2.34. The Bertz CT molecular complexity index is 692. The molecule has 0 aromatic heterocycles. The maximum absolute atomic E-state index is 13.1. The summed E-state index contributed by atoms with van der Waals surface area (Å²) in [4.78, 5) is -0.998. The maximum Gasteiger partial charge on any atom is 0.417 e. The SMILES string of the molecule is COCC1(CNS(=O)(=O)c2ccc(F)cc2C(F)(F)F)CCCN1.Cl. The van der Waals surface area contributed by atoms with Crippen molar-refractivity contribution in [2.45, 2.75) is 29.5 Å². The van der Waals surface area contributed by atoms with Gasteiger partial charge in [-0.15, -0.1) is 12.4 Å². The predicted octanol–water partition coefficient (Wildman–Crippen LogP) is 2.31. The summed E-state index contributed by atoms with van der Waals surface area (Å²) in [5.74, 6) is -1.16. The second-order valence-electron chi connectivity index (χ2n) is 5.71. The highest BCUT2D eigenvalue weighted by Gasteiger charge is 2.39. The Kier molecular flexibility index (Phi) is 7.22. The van der Waals surface area contributed by atoms with Gasteiger partial charge >= 0.3 is 6.18 Å². The number of alkyl halides is 3. The molecule has 1 aliphatic rings. The zero-order valence-electron chi connectivity index (χ0n) is 13.3. The molecule has 2 N–H and O–H groups in total. The van der Waals surface area contributed by atoms with Crippen LogP contribution >= 0.6 is 12.4 Å². The first-order valence-electron chi connectivity index (χ1n) is 7.20. The van der Waals surface area contributed by atoms with Crippen molar-refractivity contribution in [1.82, 2.24) is 10.0 Å². The molecule has 25 heavy (non-hydrogen) atoms. The molecule has 1 atom stereocenters. The molecule has 0 saturated carbocycles. The van der Waals surface area contributed by atoms with Gasteiger partial charge < -0.3 is 10.1 Å². The molecule has 0 aliphatic carbocycles. The van der Waals surface area contributed by atoms with Crippen LogP contribution in [0.2, 0.25) is 0 Å². The van der Waals surface area contributed by atoms with Gasteiger partial charge in [-0.25, -0.2) is 17.5 Å². The molecule has 0 radical (unpaired) electrons. The summed E-state index contributed by atoms with van der Waals surface area (Å²) in [6.45, 7) is 0.748. The molecule has 1 fully saturated rings. The van der Waals surface area contributed by atoms with E-state index in [4.69, 9.17) is 4.74 Å². The fraction of sp³-hybridized carbons (Fsp3) is 0.571. The van der Waals surface area contributed by atoms with Crippen molar-refractivity contribution >= 4 is 22.4 Å². The van der Waals surface area contributed by atoms with Crippen LogP contribution in [-0.2, 0) is 20.9 Å². The molecule has 0 bridgehead atoms. The van der Waals surface area contributed by atoms with Crippen LogP contribution in [0.3, 0.4) is 0 Å². The lowest BCUT2D eigenvalue weighted by Gasteiger charge is -2.29. The van der Waals surface area contributed by atoms with E-state index in [0.29, 0.717) is 25.1 Å². The van der Waals surface area contributed by atoms with Gasteiger partial charge in [0, 0.05) is 13.7 Å². The first kappa shape index (κ1) is 22.1. The lowest BCUT2D eigenvalue weighted by Crippen LogP contribution is -2.53. The second-order valence-corrected chi connectivity index (χ2v) is 7.44. The third-order valence-corrected chi connectivity index (χ3v) is 5.35. The van der Waals surface area contributed by atoms with E-state index in [-0.39, 0.29) is 31.6 Å². The number of rotatable bonds is 6. The fourth-order valence-electron chi connectivity index (χ4n) is 2.74. The molecule has 144 valence electrons. The van der Waals surface area contributed by atoms with Gasteiger partial charge in [0.25, 0.3) is 0 Å². The predicted molar refractivity (Wildman–Crippen MR) is 85.7 cm³/mol. The van der Waals surface area contributed by atoms with Gasteiger partial charge in [-0.3, -0.25) is 0 Å². The number of hydrogen-bond acceptors (Lipinski definition) is 4. The van der Waals surface area contributed by atoms with Crippen molar-refractivity contribution in [3.63, 3.8) is 0 Å². The minimum absolute atomic E-state index is 0. The van der Waals surface area contributed by atoms with E-state index in [1.54, 1.807) is 0 Å². The Balaban J connectivity index is 0.00000312. The summed E-state index contributed by atoms with van der Waals surface area (Å²) in [7, 11) is -3.01. The number of halogens is 5. The zero-order valence-corrected chi connectivity index (χ0v) is 15.0. The molecule has 11 heteroatoms. The van der Waals surface area contributed by atoms with Crippen LogP contribution in [0.15, 0.2) is 23.1 Å². The molecular formula is C14H19ClF4N2O3S. The molecule has 0 spiro atoms. The van der Waals surface area contributed by atoms with Crippen LogP contribution in [0.1, 0.15) is 18.4 Å². The number of sulfonamides is 1. The van der Waals surface area contributed by atoms with E-state index < -0.39 is 38.0 Å². The van der Waals surface area contributed by atoms with Gasteiger partial charge in [-0.2, -0.15) is 13.2 Å². The largest absolute Gasteiger partial charge is 0.417 e. The molecule has 2 rings (SSSR count). The van der Waals surface area contributed by atoms with Crippen LogP contribution in [0.25, 0.3) is 0 Å². The Hall–Kier alpha value is -0.940. The molecule has 1 saturated heterocycles. The van der Waals surface area contributed by atoms with Crippen molar-refractivity contribution in [3.8, 4) is 0 Å². The number of hydrogen-bond donors (Lipinski definition) is 2. The minimum atomic E-state index is -4.98. The van der Waals surface area contributed by atoms with Crippen molar-refractivity contribution in [1.29, 1.82) is 0 Å². The molecule has 1 unspecified atom stereocenters. The smallest absolute Gasteiger partial charge is 0.383 e. The third kappa shape index (κ3) is 5.27. The quantitative estimate of drug-likeness (QED) is 0.711. The van der Waals surface area contributed by atoms with Crippen LogP contribution in [0.4, 0.5) is 17.6 Å². The lowest BCUT2D eigenvalue weighted by atomic mass is 9.99. The van der Waals surface area contributed by atoms with E-state index in [1.807, 2.05) is 0 Å². The Morgan fingerprint density at radius 1 is 1.36 bits per heavy atom. The van der Waals surface area contributed by atoms with Gasteiger partial charge in [0.05, 0.1) is 22.6 Å². The molecule has 1 heterocycles. The third-order valence-electron chi connectivity index (χ3n) is 3.89. The highest BCUT2D eigenvalue weighted by atomic mass is 35.5. The van der Waals surface area contributed by atoms with Crippen molar-refractivity contribution in [2.24, 2.45) is 0 Å². The first-order chi connectivity index (χ1) is 11.1. The van der Waals surface area contributed by atoms with Crippen LogP contribution in [0.5, 0.6) is 0 Å². The monoisotopic (exact) mass is 406 g/mol. The van der Waals surface area contributed by atoms with Gasteiger partial charge in [-0.05, 0) is 37.6 Å². The van der Waals surface area contributed by atoms with E-state index in [1.165, 1.54) is 7.11 Å². The summed E-state index contributed by atoms with van der Waals surface area (Å²) >= 11 is 0. The standard InChI is InChI=1S/C14H18F4N2O3S.ClH/c1-23-9-13(5-2-6-19-13)8-20-24(21,22)12-4-3-10(15)7-11(12)14(16,17)18;/h3-4,7,19-20H,2,5-6,8-9H2,1H3;1H. The van der Waals surface area contributed by atoms with Crippen LogP contribution < -0.4 is 10.0 Å². The lowest BCUT2D eigenvalue weighted by molar-refractivity contribution is -0.140. The molecular weight excluding hydrogens is 388 g/mol. The maximum atomic E-state index is 13.1. The summed E-state index contributed by atoms with van der Waals surface area (Å²) in [6.07, 6.45) is -3.56. The fourth-order valence-corrected chi connectivity index (χ4v) is 4.07. The van der Waals surface area contributed by atoms with E-state index in [9.17, 15) is 26.0 Å². The molecule has 0 amide bonds. The van der Waals surface area contributed by atoms with Gasteiger partial charge in [0.2, 0.25) is 10.0 Å². The Morgan fingerprint density at radius 2 is 2.04 bits per heavy atom. The zero-order chi connectivity index (χ0) is 18.0. The number of ether oxygens (including phenoxy) is 1. The average molecular weight is 407 g/mol. The van der Waals surface area contributed by atoms with Crippen LogP contribution in [0, 0.1) is 5.82 Å². The number of nitrogens with one attached hydrogen (secondary N) is 2. The second kappa shape index (κ2) is 8.17. The van der Waals surface area contributed by atoms with Crippen molar-refractivity contribution in [2.75, 3.05) is 26.8 Å². The topological polar surface area (TPSA) is 67.4 Å². The highest BCUT2D eigenvalue weighted by molar-refractivity contribution is 7.89. The normalized spacial score (nSPS) is 21.2. The number of methoxy groups -OCH3 is 1. The summed E-state index contributed by atoms with van der Waals surface area (Å²) in [5, 5.41) is 3.11. The Morgan fingerprint density at radius 3 is 2.56 bits per heavy atom. The summed E-state index contributed by atoms with van der Waals surface area (Å²) < 4.78 is 84.0. The van der Waals surface area contributed by atoms with Crippen LogP contribution in [-0.4, -0.2) is 40.8 Å². The van der Waals surface area contributed by atoms with E-state index in [2.05, 4.69) is 10.0 Å². The number of benzene rings is 1. The van der Waals surface area contributed by atoms with Gasteiger partial charge in [0.15, 0.2) is 0 Å². The molecule has 1 aromatic carbocycles. The van der Waals surface area contributed by atoms with Gasteiger partial charge in [0.1, 0.15) is 5.82 Å². The molecule has 5 nitrogen and oxygen atoms in total. The first-order valence-corrected chi connectivity index (χ1v) is 8.68. The van der Waals surface area contributed by atoms with Crippen molar-refractivity contribution < 1.29 is 30.7 Å². The minimum Gasteiger partial charge on any atom is -0.383 e. The van der Waals surface area contributed by atoms with Crippen molar-refractivity contribution in [3.05, 3.63) is 29.6 Å². The average Bonchev–Trinajstić information content (AvgIpc) is 2.94. The van der Waals surface area contributed by atoms with E-state index >= 15 is 0 Å². The molecule has 1 aromatic rings. The Labute approximate surface area is 149 Å².